The number of halogens is 1. The lowest BCUT2D eigenvalue weighted by atomic mass is 10.1. The van der Waals surface area contributed by atoms with E-state index in [0.717, 1.165) is 10.8 Å². The number of sulfonamides is 1. The summed E-state index contributed by atoms with van der Waals surface area (Å²) in [7, 11) is -3.95. The maximum atomic E-state index is 12.9. The predicted molar refractivity (Wildman–Crippen MR) is 98.9 cm³/mol. The molecule has 3 aromatic carbocycles. The van der Waals surface area contributed by atoms with E-state index in [1.165, 1.54) is 43.3 Å². The fourth-order valence-corrected chi connectivity index (χ4v) is 3.27. The van der Waals surface area contributed by atoms with Gasteiger partial charge in [-0.1, -0.05) is 30.3 Å². The third-order valence-corrected chi connectivity index (χ3v) is 5.08. The third kappa shape index (κ3) is 4.60. The van der Waals surface area contributed by atoms with Gasteiger partial charge in [0, 0.05) is 0 Å². The zero-order valence-electron chi connectivity index (χ0n) is 14.3. The van der Waals surface area contributed by atoms with Crippen LogP contribution in [0, 0.1) is 5.82 Å². The Labute approximate surface area is 156 Å². The molecule has 6 nitrogen and oxygen atoms in total. The zero-order valence-corrected chi connectivity index (χ0v) is 15.2. The van der Waals surface area contributed by atoms with Crippen molar-refractivity contribution >= 4 is 26.7 Å². The van der Waals surface area contributed by atoms with Crippen molar-refractivity contribution in [3.05, 3.63) is 72.5 Å². The molecule has 0 saturated heterocycles. The van der Waals surface area contributed by atoms with Crippen molar-refractivity contribution in [1.29, 1.82) is 0 Å². The topological polar surface area (TPSA) is 84.5 Å². The Balaban J connectivity index is 1.64. The Morgan fingerprint density at radius 1 is 1.00 bits per heavy atom. The van der Waals surface area contributed by atoms with Gasteiger partial charge in [-0.05, 0) is 54.1 Å². The minimum atomic E-state index is -3.95. The maximum absolute atomic E-state index is 12.9. The normalized spacial score (nSPS) is 12.5. The Morgan fingerprint density at radius 3 is 2.37 bits per heavy atom. The molecule has 0 unspecified atom stereocenters. The molecule has 1 amide bonds. The van der Waals surface area contributed by atoms with E-state index in [2.05, 4.69) is 5.43 Å². The second-order valence-corrected chi connectivity index (χ2v) is 7.50. The lowest BCUT2D eigenvalue weighted by molar-refractivity contribution is -0.127. The first kappa shape index (κ1) is 18.8. The number of ether oxygens (including phenoxy) is 1. The summed E-state index contributed by atoms with van der Waals surface area (Å²) in [5, 5.41) is 1.67. The summed E-state index contributed by atoms with van der Waals surface area (Å²) in [6.45, 7) is 1.45. The lowest BCUT2D eigenvalue weighted by Gasteiger charge is -2.15. The minimum Gasteiger partial charge on any atom is -0.481 e. The second kappa shape index (κ2) is 7.73. The van der Waals surface area contributed by atoms with Crippen molar-refractivity contribution in [3.8, 4) is 5.75 Å². The maximum Gasteiger partial charge on any atom is 0.275 e. The molecule has 0 saturated carbocycles. The molecule has 140 valence electrons. The van der Waals surface area contributed by atoms with Gasteiger partial charge < -0.3 is 4.74 Å². The molecule has 0 aromatic heterocycles. The van der Waals surface area contributed by atoms with Crippen molar-refractivity contribution in [2.45, 2.75) is 17.9 Å². The van der Waals surface area contributed by atoms with Crippen LogP contribution in [0.1, 0.15) is 6.92 Å². The molecule has 0 bridgehead atoms. The van der Waals surface area contributed by atoms with Crippen molar-refractivity contribution in [2.75, 3.05) is 0 Å². The van der Waals surface area contributed by atoms with Crippen LogP contribution in [-0.2, 0) is 14.8 Å². The van der Waals surface area contributed by atoms with Gasteiger partial charge in [0.2, 0.25) is 0 Å². The van der Waals surface area contributed by atoms with Gasteiger partial charge in [-0.15, -0.1) is 4.83 Å². The summed E-state index contributed by atoms with van der Waals surface area (Å²) in [5.41, 5.74) is 2.12. The smallest absolute Gasteiger partial charge is 0.275 e. The van der Waals surface area contributed by atoms with Gasteiger partial charge >= 0.3 is 0 Å². The Bertz CT molecular complexity index is 1070. The first-order chi connectivity index (χ1) is 12.8. The molecule has 27 heavy (non-hydrogen) atoms. The van der Waals surface area contributed by atoms with Crippen LogP contribution < -0.4 is 15.0 Å². The van der Waals surface area contributed by atoms with Gasteiger partial charge in [0.15, 0.2) is 6.10 Å². The number of carbonyl (C=O) groups excluding carboxylic acids is 1. The molecule has 1 atom stereocenters. The number of rotatable bonds is 6. The summed E-state index contributed by atoms with van der Waals surface area (Å²) < 4.78 is 43.0. The summed E-state index contributed by atoms with van der Waals surface area (Å²) in [5.74, 6) is -0.831. The quantitative estimate of drug-likeness (QED) is 0.636. The van der Waals surface area contributed by atoms with Gasteiger partial charge in [-0.25, -0.2) is 12.8 Å². The van der Waals surface area contributed by atoms with E-state index in [-0.39, 0.29) is 10.6 Å². The molecular formula is C19H17FN2O4S. The Hall–Kier alpha value is -2.97. The van der Waals surface area contributed by atoms with Gasteiger partial charge in [0.05, 0.1) is 4.90 Å². The first-order valence-electron chi connectivity index (χ1n) is 8.08. The van der Waals surface area contributed by atoms with Crippen LogP contribution in [0.2, 0.25) is 0 Å². The van der Waals surface area contributed by atoms with Crippen molar-refractivity contribution in [1.82, 2.24) is 10.3 Å². The van der Waals surface area contributed by atoms with E-state index in [9.17, 15) is 17.6 Å². The van der Waals surface area contributed by atoms with Gasteiger partial charge in [0.25, 0.3) is 15.9 Å². The molecule has 0 spiro atoms. The molecular weight excluding hydrogens is 371 g/mol. The first-order valence-corrected chi connectivity index (χ1v) is 9.56. The molecule has 0 aliphatic heterocycles. The Morgan fingerprint density at radius 2 is 1.67 bits per heavy atom. The summed E-state index contributed by atoms with van der Waals surface area (Å²) in [4.78, 5) is 14.1. The number of amides is 1. The molecule has 3 aromatic rings. The van der Waals surface area contributed by atoms with Crippen molar-refractivity contribution in [2.24, 2.45) is 0 Å². The summed E-state index contributed by atoms with van der Waals surface area (Å²) >= 11 is 0. The second-order valence-electron chi connectivity index (χ2n) is 5.82. The fraction of sp³-hybridized carbons (Fsp3) is 0.105. The minimum absolute atomic E-state index is 0.0219. The highest BCUT2D eigenvalue weighted by molar-refractivity contribution is 7.89. The number of hydrogen-bond donors (Lipinski definition) is 2. The van der Waals surface area contributed by atoms with E-state index in [0.29, 0.717) is 0 Å². The van der Waals surface area contributed by atoms with Crippen LogP contribution >= 0.6 is 0 Å². The monoisotopic (exact) mass is 388 g/mol. The van der Waals surface area contributed by atoms with E-state index in [1.807, 2.05) is 23.0 Å². The molecule has 0 heterocycles. The van der Waals surface area contributed by atoms with Crippen molar-refractivity contribution in [3.63, 3.8) is 0 Å². The van der Waals surface area contributed by atoms with Crippen LogP contribution in [0.5, 0.6) is 5.75 Å². The van der Waals surface area contributed by atoms with Gasteiger partial charge in [0.1, 0.15) is 11.6 Å². The SMILES string of the molecule is C[C@@H](Oc1ccc(F)cc1)C(=O)NNS(=O)(=O)c1ccc2ccccc2c1. The van der Waals surface area contributed by atoms with Gasteiger partial charge in [-0.3, -0.25) is 10.2 Å². The number of hydrazine groups is 1. The number of hydrogen-bond acceptors (Lipinski definition) is 4. The molecule has 0 fully saturated rings. The number of nitrogens with one attached hydrogen (secondary N) is 2. The summed E-state index contributed by atoms with van der Waals surface area (Å²) in [6.07, 6.45) is -0.991. The molecule has 3 rings (SSSR count). The molecule has 0 radical (unpaired) electrons. The zero-order chi connectivity index (χ0) is 19.4. The van der Waals surface area contributed by atoms with Crippen LogP contribution in [0.15, 0.2) is 71.6 Å². The molecule has 2 N–H and O–H groups in total. The average Bonchev–Trinajstić information content (AvgIpc) is 2.67. The van der Waals surface area contributed by atoms with Crippen LogP contribution in [0.4, 0.5) is 4.39 Å². The van der Waals surface area contributed by atoms with Crippen LogP contribution in [0.25, 0.3) is 10.8 Å². The van der Waals surface area contributed by atoms with Crippen LogP contribution in [0.3, 0.4) is 0 Å². The predicted octanol–water partition coefficient (Wildman–Crippen LogP) is 2.76. The van der Waals surface area contributed by atoms with Gasteiger partial charge in [-0.2, -0.15) is 0 Å². The Kier molecular flexibility index (Phi) is 5.38. The number of carbonyl (C=O) groups is 1. The molecule has 8 heteroatoms. The molecule has 0 aliphatic rings. The third-order valence-electron chi connectivity index (χ3n) is 3.84. The van der Waals surface area contributed by atoms with E-state index in [1.54, 1.807) is 12.1 Å². The summed E-state index contributed by atoms with van der Waals surface area (Å²) in [6, 6.07) is 17.1. The fourth-order valence-electron chi connectivity index (χ4n) is 2.38. The average molecular weight is 388 g/mol. The van der Waals surface area contributed by atoms with E-state index < -0.39 is 27.9 Å². The largest absolute Gasteiger partial charge is 0.481 e. The highest BCUT2D eigenvalue weighted by atomic mass is 32.2. The highest BCUT2D eigenvalue weighted by Gasteiger charge is 2.19. The van der Waals surface area contributed by atoms with Crippen LogP contribution in [-0.4, -0.2) is 20.4 Å². The standard InChI is InChI=1S/C19H17FN2O4S/c1-13(26-17-9-7-16(20)8-10-17)19(23)21-22-27(24,25)18-11-6-14-4-2-3-5-15(14)12-18/h2-13,22H,1H3,(H,21,23)/t13-/m1/s1. The number of fused-ring (bicyclic) bond motifs is 1. The van der Waals surface area contributed by atoms with E-state index in [4.69, 9.17) is 4.74 Å². The number of benzene rings is 3. The lowest BCUT2D eigenvalue weighted by Crippen LogP contribution is -2.47. The highest BCUT2D eigenvalue weighted by Crippen LogP contribution is 2.18. The van der Waals surface area contributed by atoms with E-state index >= 15 is 0 Å². The van der Waals surface area contributed by atoms with Crippen molar-refractivity contribution < 1.29 is 22.3 Å². The molecule has 0 aliphatic carbocycles.